The minimum Gasteiger partial charge on any atom is -0.397 e. The van der Waals surface area contributed by atoms with Gasteiger partial charge in [-0.2, -0.15) is 0 Å². The SMILES string of the molecule is CC1CCN(C(=O)c2cc(N)cn2C2CC2)C1. The predicted octanol–water partition coefficient (Wildman–Crippen LogP) is 1.89. The Morgan fingerprint density at radius 3 is 2.76 bits per heavy atom. The topological polar surface area (TPSA) is 51.3 Å². The maximum absolute atomic E-state index is 12.4. The molecule has 2 heterocycles. The number of nitrogen functional groups attached to an aromatic ring is 1. The van der Waals surface area contributed by atoms with Crippen LogP contribution in [0.5, 0.6) is 0 Å². The Hall–Kier alpha value is -1.45. The summed E-state index contributed by atoms with van der Waals surface area (Å²) in [6, 6.07) is 2.33. The molecule has 0 bridgehead atoms. The first-order valence-corrected chi connectivity index (χ1v) is 6.42. The van der Waals surface area contributed by atoms with Crippen molar-refractivity contribution >= 4 is 11.6 Å². The molecule has 1 saturated carbocycles. The molecule has 1 saturated heterocycles. The molecule has 3 rings (SSSR count). The van der Waals surface area contributed by atoms with E-state index < -0.39 is 0 Å². The number of hydrogen-bond donors (Lipinski definition) is 1. The van der Waals surface area contributed by atoms with E-state index in [-0.39, 0.29) is 5.91 Å². The maximum Gasteiger partial charge on any atom is 0.270 e. The summed E-state index contributed by atoms with van der Waals surface area (Å²) in [5.74, 6) is 0.776. The molecule has 0 aromatic carbocycles. The van der Waals surface area contributed by atoms with Gasteiger partial charge in [0.1, 0.15) is 5.69 Å². The first-order chi connectivity index (χ1) is 8.15. The molecule has 0 radical (unpaired) electrons. The number of aromatic nitrogens is 1. The number of carbonyl (C=O) groups is 1. The van der Waals surface area contributed by atoms with Crippen LogP contribution in [0, 0.1) is 5.92 Å². The van der Waals surface area contributed by atoms with Gasteiger partial charge >= 0.3 is 0 Å². The van der Waals surface area contributed by atoms with Crippen LogP contribution in [-0.2, 0) is 0 Å². The fraction of sp³-hybridized carbons (Fsp3) is 0.615. The van der Waals surface area contributed by atoms with Gasteiger partial charge in [-0.05, 0) is 31.2 Å². The van der Waals surface area contributed by atoms with Crippen LogP contribution in [0.25, 0.3) is 0 Å². The van der Waals surface area contributed by atoms with Crippen LogP contribution in [0.4, 0.5) is 5.69 Å². The number of carbonyl (C=O) groups excluding carboxylic acids is 1. The predicted molar refractivity (Wildman–Crippen MR) is 66.8 cm³/mol. The molecule has 4 heteroatoms. The zero-order chi connectivity index (χ0) is 12.0. The average Bonchev–Trinajstić information content (AvgIpc) is 2.94. The molecule has 1 amide bonds. The largest absolute Gasteiger partial charge is 0.397 e. The molecule has 2 fully saturated rings. The second kappa shape index (κ2) is 3.79. The fourth-order valence-electron chi connectivity index (χ4n) is 2.61. The number of amides is 1. The number of nitrogens with zero attached hydrogens (tertiary/aromatic N) is 2. The maximum atomic E-state index is 12.4. The number of hydrogen-bond acceptors (Lipinski definition) is 2. The number of rotatable bonds is 2. The van der Waals surface area contributed by atoms with Gasteiger partial charge in [0, 0.05) is 25.3 Å². The molecule has 4 nitrogen and oxygen atoms in total. The van der Waals surface area contributed by atoms with Crippen LogP contribution in [-0.4, -0.2) is 28.5 Å². The summed E-state index contributed by atoms with van der Waals surface area (Å²) >= 11 is 0. The van der Waals surface area contributed by atoms with Gasteiger partial charge in [0.25, 0.3) is 5.91 Å². The first-order valence-electron chi connectivity index (χ1n) is 6.42. The van der Waals surface area contributed by atoms with Gasteiger partial charge in [0.2, 0.25) is 0 Å². The Bertz CT molecular complexity index is 448. The van der Waals surface area contributed by atoms with Crippen molar-refractivity contribution < 1.29 is 4.79 Å². The molecule has 92 valence electrons. The van der Waals surface area contributed by atoms with Gasteiger partial charge in [-0.25, -0.2) is 0 Å². The Kier molecular flexibility index (Phi) is 2.38. The first kappa shape index (κ1) is 10.7. The van der Waals surface area contributed by atoms with Gasteiger partial charge in [-0.3, -0.25) is 4.79 Å². The van der Waals surface area contributed by atoms with Crippen LogP contribution in [0.1, 0.15) is 42.7 Å². The van der Waals surface area contributed by atoms with Crippen LogP contribution < -0.4 is 5.73 Å². The Balaban J connectivity index is 1.85. The molecule has 17 heavy (non-hydrogen) atoms. The van der Waals surface area contributed by atoms with Gasteiger partial charge in [0.05, 0.1) is 5.69 Å². The highest BCUT2D eigenvalue weighted by atomic mass is 16.2. The lowest BCUT2D eigenvalue weighted by molar-refractivity contribution is 0.0777. The average molecular weight is 233 g/mol. The summed E-state index contributed by atoms with van der Waals surface area (Å²) in [4.78, 5) is 14.4. The highest BCUT2D eigenvalue weighted by Crippen LogP contribution is 2.37. The molecule has 1 unspecified atom stereocenters. The highest BCUT2D eigenvalue weighted by molar-refractivity contribution is 5.94. The van der Waals surface area contributed by atoms with Gasteiger partial charge in [-0.15, -0.1) is 0 Å². The molecule has 2 aliphatic rings. The summed E-state index contributed by atoms with van der Waals surface area (Å²) < 4.78 is 2.07. The molecular weight excluding hydrogens is 214 g/mol. The summed E-state index contributed by atoms with van der Waals surface area (Å²) in [5, 5.41) is 0. The van der Waals surface area contributed by atoms with Crippen LogP contribution >= 0.6 is 0 Å². The Morgan fingerprint density at radius 2 is 2.18 bits per heavy atom. The molecule has 1 atom stereocenters. The summed E-state index contributed by atoms with van der Waals surface area (Å²) in [6.45, 7) is 3.96. The standard InChI is InChI=1S/C13H19N3O/c1-9-4-5-15(7-9)13(17)12-6-10(14)8-16(12)11-2-3-11/h6,8-9,11H,2-5,7,14H2,1H3. The fourth-order valence-corrected chi connectivity index (χ4v) is 2.61. The van der Waals surface area contributed by atoms with Crippen molar-refractivity contribution in [2.45, 2.75) is 32.2 Å². The van der Waals surface area contributed by atoms with Crippen molar-refractivity contribution in [3.8, 4) is 0 Å². The van der Waals surface area contributed by atoms with E-state index in [1.807, 2.05) is 17.2 Å². The van der Waals surface area contributed by atoms with Crippen molar-refractivity contribution in [1.29, 1.82) is 0 Å². The highest BCUT2D eigenvalue weighted by Gasteiger charge is 2.31. The monoisotopic (exact) mass is 233 g/mol. The van der Waals surface area contributed by atoms with Gasteiger partial charge < -0.3 is 15.2 Å². The number of nitrogens with two attached hydrogens (primary N) is 1. The van der Waals surface area contributed by atoms with Crippen LogP contribution in [0.3, 0.4) is 0 Å². The van der Waals surface area contributed by atoms with E-state index in [4.69, 9.17) is 5.73 Å². The third-order valence-electron chi connectivity index (χ3n) is 3.74. The van der Waals surface area contributed by atoms with Crippen molar-refractivity contribution in [2.75, 3.05) is 18.8 Å². The Labute approximate surface area is 101 Å². The quantitative estimate of drug-likeness (QED) is 0.848. The molecule has 1 aliphatic carbocycles. The van der Waals surface area contributed by atoms with Crippen molar-refractivity contribution in [1.82, 2.24) is 9.47 Å². The third-order valence-corrected chi connectivity index (χ3v) is 3.74. The van der Waals surface area contributed by atoms with Crippen molar-refractivity contribution in [2.24, 2.45) is 5.92 Å². The normalized spacial score (nSPS) is 24.3. The molecule has 1 aromatic rings. The van der Waals surface area contributed by atoms with E-state index in [0.29, 0.717) is 17.6 Å². The van der Waals surface area contributed by atoms with E-state index in [9.17, 15) is 4.79 Å². The van der Waals surface area contributed by atoms with Crippen molar-refractivity contribution in [3.05, 3.63) is 18.0 Å². The zero-order valence-electron chi connectivity index (χ0n) is 10.2. The van der Waals surface area contributed by atoms with E-state index in [1.54, 1.807) is 0 Å². The van der Waals surface area contributed by atoms with E-state index in [1.165, 1.54) is 12.8 Å². The Morgan fingerprint density at radius 1 is 1.41 bits per heavy atom. The third kappa shape index (κ3) is 1.92. The summed E-state index contributed by atoms with van der Waals surface area (Å²) in [5.41, 5.74) is 7.30. The molecule has 1 aromatic heterocycles. The number of anilines is 1. The van der Waals surface area contributed by atoms with Crippen LogP contribution in [0.15, 0.2) is 12.3 Å². The summed E-state index contributed by atoms with van der Waals surface area (Å²) in [6.07, 6.45) is 5.37. The lowest BCUT2D eigenvalue weighted by Gasteiger charge is -2.17. The van der Waals surface area contributed by atoms with E-state index in [2.05, 4.69) is 11.5 Å². The molecular formula is C13H19N3O. The van der Waals surface area contributed by atoms with Crippen molar-refractivity contribution in [3.63, 3.8) is 0 Å². The smallest absolute Gasteiger partial charge is 0.270 e. The number of likely N-dealkylation sites (tertiary alicyclic amines) is 1. The lowest BCUT2D eigenvalue weighted by atomic mass is 10.2. The minimum absolute atomic E-state index is 0.151. The van der Waals surface area contributed by atoms with Gasteiger partial charge in [0.15, 0.2) is 0 Å². The molecule has 1 aliphatic heterocycles. The van der Waals surface area contributed by atoms with Gasteiger partial charge in [-0.1, -0.05) is 6.92 Å². The molecule has 0 spiro atoms. The second-order valence-corrected chi connectivity index (χ2v) is 5.44. The van der Waals surface area contributed by atoms with Crippen LogP contribution in [0.2, 0.25) is 0 Å². The summed E-state index contributed by atoms with van der Waals surface area (Å²) in [7, 11) is 0. The minimum atomic E-state index is 0.151. The second-order valence-electron chi connectivity index (χ2n) is 5.44. The molecule has 2 N–H and O–H groups in total. The zero-order valence-corrected chi connectivity index (χ0v) is 10.2. The van der Waals surface area contributed by atoms with E-state index in [0.717, 1.165) is 25.2 Å². The van der Waals surface area contributed by atoms with E-state index >= 15 is 0 Å². The lowest BCUT2D eigenvalue weighted by Crippen LogP contribution is -2.30.